The van der Waals surface area contributed by atoms with E-state index >= 15 is 0 Å². The Morgan fingerprint density at radius 1 is 1.21 bits per heavy atom. The number of nitrogens with zero attached hydrogens (tertiary/aromatic N) is 4. The SMILES string of the molecule is Fc1ccc2c(Cc3nncn3CCCc3cnc[nH]3)c[nH]c2c1. The third-order valence-electron chi connectivity index (χ3n) is 4.17. The van der Waals surface area contributed by atoms with Crippen molar-refractivity contribution in [2.75, 3.05) is 0 Å². The minimum atomic E-state index is -0.238. The van der Waals surface area contributed by atoms with Crippen LogP contribution in [0.4, 0.5) is 4.39 Å². The summed E-state index contributed by atoms with van der Waals surface area (Å²) in [7, 11) is 0. The molecule has 6 nitrogen and oxygen atoms in total. The van der Waals surface area contributed by atoms with Crippen LogP contribution in [-0.4, -0.2) is 29.7 Å². The molecule has 3 aromatic heterocycles. The first-order chi connectivity index (χ1) is 11.8. The molecule has 0 amide bonds. The van der Waals surface area contributed by atoms with E-state index in [1.54, 1.807) is 18.7 Å². The summed E-state index contributed by atoms with van der Waals surface area (Å²) in [6.45, 7) is 0.846. The van der Waals surface area contributed by atoms with E-state index in [2.05, 4.69) is 29.7 Å². The van der Waals surface area contributed by atoms with Gasteiger partial charge in [0, 0.05) is 42.0 Å². The molecule has 2 N–H and O–H groups in total. The zero-order valence-corrected chi connectivity index (χ0v) is 13.0. The van der Waals surface area contributed by atoms with E-state index in [4.69, 9.17) is 0 Å². The summed E-state index contributed by atoms with van der Waals surface area (Å²) in [4.78, 5) is 10.2. The molecule has 0 unspecified atom stereocenters. The van der Waals surface area contributed by atoms with Crippen molar-refractivity contribution < 1.29 is 4.39 Å². The van der Waals surface area contributed by atoms with E-state index < -0.39 is 0 Å². The molecular weight excluding hydrogens is 307 g/mol. The summed E-state index contributed by atoms with van der Waals surface area (Å²) in [6.07, 6.45) is 9.79. The summed E-state index contributed by atoms with van der Waals surface area (Å²) in [6, 6.07) is 4.79. The Labute approximate surface area is 137 Å². The number of halogens is 1. The first-order valence-corrected chi connectivity index (χ1v) is 7.89. The van der Waals surface area contributed by atoms with Gasteiger partial charge >= 0.3 is 0 Å². The first kappa shape index (κ1) is 14.6. The Morgan fingerprint density at radius 2 is 2.17 bits per heavy atom. The fourth-order valence-corrected chi connectivity index (χ4v) is 2.94. The van der Waals surface area contributed by atoms with Gasteiger partial charge in [-0.15, -0.1) is 10.2 Å². The monoisotopic (exact) mass is 324 g/mol. The third kappa shape index (κ3) is 2.92. The van der Waals surface area contributed by atoms with E-state index in [0.717, 1.165) is 47.4 Å². The van der Waals surface area contributed by atoms with Crippen LogP contribution in [0.1, 0.15) is 23.5 Å². The van der Waals surface area contributed by atoms with Crippen LogP contribution in [0.15, 0.2) is 43.2 Å². The summed E-state index contributed by atoms with van der Waals surface area (Å²) in [5, 5.41) is 9.29. The quantitative estimate of drug-likeness (QED) is 0.573. The lowest BCUT2D eigenvalue weighted by molar-refractivity contribution is 0.613. The highest BCUT2D eigenvalue weighted by Crippen LogP contribution is 2.21. The highest BCUT2D eigenvalue weighted by molar-refractivity contribution is 5.83. The number of hydrogen-bond donors (Lipinski definition) is 2. The Kier molecular flexibility index (Phi) is 3.82. The topological polar surface area (TPSA) is 75.2 Å². The van der Waals surface area contributed by atoms with Crippen molar-refractivity contribution in [3.63, 3.8) is 0 Å². The number of rotatable bonds is 6. The average Bonchev–Trinajstić information content (AvgIpc) is 3.30. The maximum Gasteiger partial charge on any atom is 0.137 e. The van der Waals surface area contributed by atoms with Crippen molar-refractivity contribution in [1.82, 2.24) is 29.7 Å². The predicted molar refractivity (Wildman–Crippen MR) is 88.0 cm³/mol. The van der Waals surface area contributed by atoms with Crippen molar-refractivity contribution in [2.24, 2.45) is 0 Å². The van der Waals surface area contributed by atoms with E-state index in [1.165, 1.54) is 12.1 Å². The maximum atomic E-state index is 13.3. The van der Waals surface area contributed by atoms with Gasteiger partial charge in [0.1, 0.15) is 18.0 Å². The van der Waals surface area contributed by atoms with E-state index in [1.807, 2.05) is 12.4 Å². The summed E-state index contributed by atoms with van der Waals surface area (Å²) in [5.74, 6) is 0.669. The molecule has 122 valence electrons. The van der Waals surface area contributed by atoms with Crippen molar-refractivity contribution in [3.8, 4) is 0 Å². The zero-order valence-electron chi connectivity index (χ0n) is 13.0. The van der Waals surface area contributed by atoms with Crippen LogP contribution in [0.2, 0.25) is 0 Å². The summed E-state index contributed by atoms with van der Waals surface area (Å²) in [5.41, 5.74) is 3.02. The molecule has 0 aliphatic heterocycles. The lowest BCUT2D eigenvalue weighted by atomic mass is 10.1. The second-order valence-corrected chi connectivity index (χ2v) is 5.80. The lowest BCUT2D eigenvalue weighted by Crippen LogP contribution is -2.05. The fraction of sp³-hybridized carbons (Fsp3) is 0.235. The van der Waals surface area contributed by atoms with Gasteiger partial charge in [-0.1, -0.05) is 0 Å². The number of aromatic nitrogens is 6. The van der Waals surface area contributed by atoms with Gasteiger partial charge in [0.2, 0.25) is 0 Å². The van der Waals surface area contributed by atoms with Gasteiger partial charge in [-0.25, -0.2) is 9.37 Å². The molecule has 4 rings (SSSR count). The Balaban J connectivity index is 1.47. The molecule has 0 fully saturated rings. The second kappa shape index (κ2) is 6.27. The van der Waals surface area contributed by atoms with Crippen LogP contribution in [0.3, 0.4) is 0 Å². The van der Waals surface area contributed by atoms with E-state index in [0.29, 0.717) is 6.42 Å². The molecule has 0 spiro atoms. The number of hydrogen-bond acceptors (Lipinski definition) is 3. The van der Waals surface area contributed by atoms with Crippen molar-refractivity contribution in [1.29, 1.82) is 0 Å². The van der Waals surface area contributed by atoms with Crippen molar-refractivity contribution in [3.05, 3.63) is 66.1 Å². The molecule has 0 bridgehead atoms. The molecular formula is C17H17FN6. The van der Waals surface area contributed by atoms with Gasteiger partial charge < -0.3 is 14.5 Å². The van der Waals surface area contributed by atoms with Crippen LogP contribution in [0, 0.1) is 5.82 Å². The molecule has 24 heavy (non-hydrogen) atoms. The largest absolute Gasteiger partial charge is 0.361 e. The van der Waals surface area contributed by atoms with Crippen molar-refractivity contribution >= 4 is 10.9 Å². The molecule has 0 saturated heterocycles. The molecule has 0 radical (unpaired) electrons. The van der Waals surface area contributed by atoms with Crippen LogP contribution in [0.25, 0.3) is 10.9 Å². The van der Waals surface area contributed by atoms with Gasteiger partial charge in [-0.2, -0.15) is 0 Å². The number of nitrogens with one attached hydrogen (secondary N) is 2. The third-order valence-corrected chi connectivity index (χ3v) is 4.17. The van der Waals surface area contributed by atoms with E-state index in [9.17, 15) is 4.39 Å². The highest BCUT2D eigenvalue weighted by Gasteiger charge is 2.10. The normalized spacial score (nSPS) is 11.4. The number of fused-ring (bicyclic) bond motifs is 1. The van der Waals surface area contributed by atoms with Crippen molar-refractivity contribution in [2.45, 2.75) is 25.8 Å². The molecule has 3 heterocycles. The molecule has 0 aliphatic carbocycles. The number of benzene rings is 1. The zero-order chi connectivity index (χ0) is 16.4. The van der Waals surface area contributed by atoms with Gasteiger partial charge in [-0.05, 0) is 36.6 Å². The van der Waals surface area contributed by atoms with Gasteiger partial charge in [0.05, 0.1) is 6.33 Å². The van der Waals surface area contributed by atoms with E-state index in [-0.39, 0.29) is 5.82 Å². The maximum absolute atomic E-state index is 13.3. The minimum absolute atomic E-state index is 0.238. The average molecular weight is 324 g/mol. The molecule has 4 aromatic rings. The number of imidazole rings is 1. The molecule has 0 saturated carbocycles. The number of aryl methyl sites for hydroxylation is 2. The number of H-pyrrole nitrogens is 2. The van der Waals surface area contributed by atoms with Gasteiger partial charge in [0.25, 0.3) is 0 Å². The van der Waals surface area contributed by atoms with Crippen LogP contribution in [-0.2, 0) is 19.4 Å². The molecule has 7 heteroatoms. The Morgan fingerprint density at radius 3 is 3.04 bits per heavy atom. The second-order valence-electron chi connectivity index (χ2n) is 5.80. The summed E-state index contributed by atoms with van der Waals surface area (Å²) < 4.78 is 15.4. The Hall–Kier alpha value is -2.96. The standard InChI is InChI=1S/C17H17FN6/c18-13-3-4-15-12(8-20-16(15)7-13)6-17-23-22-11-24(17)5-1-2-14-9-19-10-21-14/h3-4,7-11,20H,1-2,5-6H2,(H,19,21). The molecule has 0 aliphatic rings. The Bertz CT molecular complexity index is 937. The highest BCUT2D eigenvalue weighted by atomic mass is 19.1. The molecule has 0 atom stereocenters. The smallest absolute Gasteiger partial charge is 0.137 e. The van der Waals surface area contributed by atoms with Gasteiger partial charge in [-0.3, -0.25) is 0 Å². The van der Waals surface area contributed by atoms with Crippen LogP contribution in [0.5, 0.6) is 0 Å². The number of aromatic amines is 2. The first-order valence-electron chi connectivity index (χ1n) is 7.89. The minimum Gasteiger partial charge on any atom is -0.361 e. The fourth-order valence-electron chi connectivity index (χ4n) is 2.94. The molecule has 1 aromatic carbocycles. The van der Waals surface area contributed by atoms with Crippen LogP contribution < -0.4 is 0 Å². The van der Waals surface area contributed by atoms with Gasteiger partial charge in [0.15, 0.2) is 0 Å². The lowest BCUT2D eigenvalue weighted by Gasteiger charge is -2.06. The van der Waals surface area contributed by atoms with Crippen LogP contribution >= 0.6 is 0 Å². The predicted octanol–water partition coefficient (Wildman–Crippen LogP) is 2.85. The summed E-state index contributed by atoms with van der Waals surface area (Å²) >= 11 is 0.